The lowest BCUT2D eigenvalue weighted by molar-refractivity contribution is -0.0707. The largest absolute Gasteiger partial charge is 0.390 e. The molecular formula is C14H21NO4S. The summed E-state index contributed by atoms with van der Waals surface area (Å²) in [5, 5.41) is 9.69. The second-order valence-corrected chi connectivity index (χ2v) is 7.03. The number of fused-ring (bicyclic) bond motifs is 3. The molecule has 2 N–H and O–H groups in total. The second-order valence-electron chi connectivity index (χ2n) is 5.60. The van der Waals surface area contributed by atoms with E-state index in [1.165, 1.54) is 12.1 Å². The summed E-state index contributed by atoms with van der Waals surface area (Å²) >= 11 is 0. The number of hydrogen-bond acceptors (Lipinski definition) is 4. The molecule has 2 bridgehead atoms. The molecule has 3 aliphatic rings. The van der Waals surface area contributed by atoms with Gasteiger partial charge in [0.2, 0.25) is 0 Å². The molecule has 3 heterocycles. The van der Waals surface area contributed by atoms with Gasteiger partial charge >= 0.3 is 0 Å². The quantitative estimate of drug-likeness (QED) is 0.768. The van der Waals surface area contributed by atoms with Gasteiger partial charge in [0.25, 0.3) is 10.1 Å². The van der Waals surface area contributed by atoms with Gasteiger partial charge in [-0.3, -0.25) is 4.55 Å². The van der Waals surface area contributed by atoms with Gasteiger partial charge in [-0.2, -0.15) is 8.42 Å². The van der Waals surface area contributed by atoms with Crippen molar-refractivity contribution in [2.45, 2.75) is 36.7 Å². The van der Waals surface area contributed by atoms with Crippen molar-refractivity contribution in [3.8, 4) is 0 Å². The Bertz CT molecular complexity index is 531. The first-order valence-electron chi connectivity index (χ1n) is 6.77. The zero-order valence-electron chi connectivity index (χ0n) is 11.6. The van der Waals surface area contributed by atoms with Crippen LogP contribution in [0.3, 0.4) is 0 Å². The van der Waals surface area contributed by atoms with E-state index in [4.69, 9.17) is 4.55 Å². The highest BCUT2D eigenvalue weighted by atomic mass is 32.2. The van der Waals surface area contributed by atoms with E-state index in [0.29, 0.717) is 0 Å². The summed E-state index contributed by atoms with van der Waals surface area (Å²) in [5.74, 6) is 0. The molecule has 0 radical (unpaired) electrons. The fourth-order valence-electron chi connectivity index (χ4n) is 2.52. The number of aliphatic hydroxyl groups is 1. The second kappa shape index (κ2) is 5.81. The van der Waals surface area contributed by atoms with Gasteiger partial charge < -0.3 is 10.0 Å². The van der Waals surface area contributed by atoms with Crippen molar-refractivity contribution < 1.29 is 18.1 Å². The number of piperidine rings is 3. The Morgan fingerprint density at radius 1 is 1.05 bits per heavy atom. The van der Waals surface area contributed by atoms with E-state index in [2.05, 4.69) is 4.90 Å². The van der Waals surface area contributed by atoms with Crippen molar-refractivity contribution in [3.63, 3.8) is 0 Å². The third-order valence-corrected chi connectivity index (χ3v) is 4.87. The minimum absolute atomic E-state index is 0.0666. The minimum Gasteiger partial charge on any atom is -0.390 e. The number of benzene rings is 1. The first-order chi connectivity index (χ1) is 9.28. The average molecular weight is 299 g/mol. The molecule has 0 saturated carbocycles. The van der Waals surface area contributed by atoms with Crippen LogP contribution in [0.4, 0.5) is 0 Å². The highest BCUT2D eigenvalue weighted by molar-refractivity contribution is 7.85. The number of hydrogen-bond donors (Lipinski definition) is 2. The normalized spacial score (nSPS) is 28.6. The topological polar surface area (TPSA) is 77.8 Å². The Morgan fingerprint density at radius 2 is 1.50 bits per heavy atom. The lowest BCUT2D eigenvalue weighted by Crippen LogP contribution is -2.52. The molecule has 1 aromatic carbocycles. The molecule has 3 aliphatic heterocycles. The number of rotatable bonds is 1. The first kappa shape index (κ1) is 15.4. The van der Waals surface area contributed by atoms with Crippen molar-refractivity contribution in [1.82, 2.24) is 4.90 Å². The highest BCUT2D eigenvalue weighted by Crippen LogP contribution is 2.30. The monoisotopic (exact) mass is 299 g/mol. The molecule has 0 atom stereocenters. The third-order valence-electron chi connectivity index (χ3n) is 4.00. The van der Waals surface area contributed by atoms with Crippen LogP contribution in [0.25, 0.3) is 0 Å². The van der Waals surface area contributed by atoms with E-state index < -0.39 is 10.1 Å². The lowest BCUT2D eigenvalue weighted by Gasteiger charge is -2.44. The fraction of sp³-hybridized carbons (Fsp3) is 0.571. The van der Waals surface area contributed by atoms with Gasteiger partial charge in [0.05, 0.1) is 10.5 Å². The molecule has 20 heavy (non-hydrogen) atoms. The van der Waals surface area contributed by atoms with Crippen LogP contribution in [0.5, 0.6) is 0 Å². The van der Waals surface area contributed by atoms with Gasteiger partial charge in [-0.15, -0.1) is 0 Å². The summed E-state index contributed by atoms with van der Waals surface area (Å²) in [6.45, 7) is 5.21. The number of aryl methyl sites for hydroxylation is 1. The maximum absolute atomic E-state index is 10.5. The molecule has 4 rings (SSSR count). The zero-order valence-corrected chi connectivity index (χ0v) is 12.4. The Kier molecular flexibility index (Phi) is 4.49. The van der Waals surface area contributed by atoms with E-state index in [0.717, 1.165) is 44.5 Å². The molecule has 0 unspecified atom stereocenters. The smallest absolute Gasteiger partial charge is 0.294 e. The SMILES string of the molecule is Cc1ccc(S(=O)(=O)O)cc1.OC12CCN(CC1)CC2. The van der Waals surface area contributed by atoms with Crippen molar-refractivity contribution in [3.05, 3.63) is 29.8 Å². The van der Waals surface area contributed by atoms with Crippen molar-refractivity contribution in [2.24, 2.45) is 0 Å². The molecule has 1 aromatic rings. The summed E-state index contributed by atoms with van der Waals surface area (Å²) in [6.07, 6.45) is 3.02. The molecule has 0 amide bonds. The Labute approximate surface area is 120 Å². The molecule has 3 fully saturated rings. The molecule has 0 spiro atoms. The Hall–Kier alpha value is -0.950. The standard InChI is InChI=1S/C7H13NO.C7H8O3S/c9-7-1-4-8(5-2-7)6-3-7;1-6-2-4-7(5-3-6)11(8,9)10/h9H,1-6H2;2-5H,1H3,(H,8,9,10). The summed E-state index contributed by atoms with van der Waals surface area (Å²) in [7, 11) is -4.02. The Balaban J connectivity index is 0.000000149. The molecule has 6 heteroatoms. The zero-order chi connectivity index (χ0) is 14.8. The van der Waals surface area contributed by atoms with Crippen LogP contribution in [0.2, 0.25) is 0 Å². The molecule has 112 valence electrons. The van der Waals surface area contributed by atoms with Crippen LogP contribution < -0.4 is 0 Å². The predicted molar refractivity (Wildman–Crippen MR) is 76.2 cm³/mol. The third kappa shape index (κ3) is 4.02. The number of nitrogens with zero attached hydrogens (tertiary/aromatic N) is 1. The van der Waals surface area contributed by atoms with Crippen molar-refractivity contribution in [1.29, 1.82) is 0 Å². The maximum Gasteiger partial charge on any atom is 0.294 e. The molecule has 5 nitrogen and oxygen atoms in total. The molecule has 3 saturated heterocycles. The maximum atomic E-state index is 10.5. The minimum atomic E-state index is -4.02. The Morgan fingerprint density at radius 3 is 1.80 bits per heavy atom. The van der Waals surface area contributed by atoms with Gasteiger partial charge in [0.1, 0.15) is 0 Å². The molecular weight excluding hydrogens is 278 g/mol. The molecule has 0 aliphatic carbocycles. The lowest BCUT2D eigenvalue weighted by atomic mass is 9.84. The summed E-state index contributed by atoms with van der Waals surface area (Å²) < 4.78 is 29.6. The fourth-order valence-corrected chi connectivity index (χ4v) is 3.00. The van der Waals surface area contributed by atoms with E-state index in [1.54, 1.807) is 12.1 Å². The van der Waals surface area contributed by atoms with Crippen molar-refractivity contribution >= 4 is 10.1 Å². The van der Waals surface area contributed by atoms with E-state index in [9.17, 15) is 13.5 Å². The predicted octanol–water partition coefficient (Wildman–Crippen LogP) is 1.46. The van der Waals surface area contributed by atoms with Gasteiger partial charge in [0, 0.05) is 19.6 Å². The van der Waals surface area contributed by atoms with Crippen LogP contribution in [0.1, 0.15) is 24.8 Å². The van der Waals surface area contributed by atoms with E-state index in [1.807, 2.05) is 6.92 Å². The average Bonchev–Trinajstić information content (AvgIpc) is 2.40. The first-order valence-corrected chi connectivity index (χ1v) is 8.21. The molecule has 0 aromatic heterocycles. The van der Waals surface area contributed by atoms with Gasteiger partial charge in [0.15, 0.2) is 0 Å². The van der Waals surface area contributed by atoms with Crippen molar-refractivity contribution in [2.75, 3.05) is 19.6 Å². The van der Waals surface area contributed by atoms with Crippen LogP contribution in [-0.2, 0) is 10.1 Å². The van der Waals surface area contributed by atoms with Crippen LogP contribution >= 0.6 is 0 Å². The van der Waals surface area contributed by atoms with Crippen LogP contribution in [0, 0.1) is 6.92 Å². The summed E-state index contributed by atoms with van der Waals surface area (Å²) in [6, 6.07) is 5.99. The van der Waals surface area contributed by atoms with Crippen LogP contribution in [-0.4, -0.2) is 48.2 Å². The van der Waals surface area contributed by atoms with Gasteiger partial charge in [-0.1, -0.05) is 17.7 Å². The highest BCUT2D eigenvalue weighted by Gasteiger charge is 2.36. The van der Waals surface area contributed by atoms with Crippen LogP contribution in [0.15, 0.2) is 29.2 Å². The summed E-state index contributed by atoms with van der Waals surface area (Å²) in [4.78, 5) is 2.36. The van der Waals surface area contributed by atoms with Gasteiger partial charge in [-0.05, 0) is 38.3 Å². The van der Waals surface area contributed by atoms with Gasteiger partial charge in [-0.25, -0.2) is 0 Å². The van der Waals surface area contributed by atoms with E-state index in [-0.39, 0.29) is 10.5 Å². The summed E-state index contributed by atoms with van der Waals surface area (Å²) in [5.41, 5.74) is 0.701. The van der Waals surface area contributed by atoms with E-state index >= 15 is 0 Å².